The van der Waals surface area contributed by atoms with Crippen LogP contribution in [0.15, 0.2) is 267 Å². The summed E-state index contributed by atoms with van der Waals surface area (Å²) in [6.07, 6.45) is 0. The number of anilines is 6. The van der Waals surface area contributed by atoms with Gasteiger partial charge in [0.1, 0.15) is 0 Å². The fourth-order valence-electron chi connectivity index (χ4n) is 15.6. The number of nitrogens with zero attached hydrogens (tertiary/aromatic N) is 2. The Labute approximate surface area is 473 Å². The third-order valence-electron chi connectivity index (χ3n) is 19.2. The molecule has 4 aliphatic rings. The van der Waals surface area contributed by atoms with E-state index in [2.05, 4.69) is 304 Å². The molecule has 1 spiro atoms. The lowest BCUT2D eigenvalue weighted by Gasteiger charge is -2.32. The second kappa shape index (κ2) is 16.6. The molecule has 0 bridgehead atoms. The number of benzene rings is 13. The summed E-state index contributed by atoms with van der Waals surface area (Å²) in [6.45, 7) is 9.50. The monoisotopic (exact) mass is 1030 g/mol. The van der Waals surface area contributed by atoms with Gasteiger partial charge in [0, 0.05) is 45.0 Å². The molecule has 0 saturated carbocycles. The van der Waals surface area contributed by atoms with Crippen molar-refractivity contribution in [2.24, 2.45) is 0 Å². The molecule has 13 aromatic carbocycles. The van der Waals surface area contributed by atoms with Crippen molar-refractivity contribution in [3.63, 3.8) is 0 Å². The third kappa shape index (κ3) is 6.22. The maximum absolute atomic E-state index is 2.57. The van der Waals surface area contributed by atoms with E-state index in [0.29, 0.717) is 0 Å². The first-order valence-electron chi connectivity index (χ1n) is 28.7. The SMILES string of the molecule is CC1(C)c2ccccc2-c2ccc(N(c3ccccc3)c3ccc4cc5c(cc4c3)C3(c4ccccc4-c4ccccc43)c3c-5c4ccccc4c4cc(N(c5ccccc5)c5ccc6c(c5)C(C)(C)c5ccccc5-6)ccc34)cc21. The van der Waals surface area contributed by atoms with Crippen LogP contribution >= 0.6 is 0 Å². The highest BCUT2D eigenvalue weighted by Crippen LogP contribution is 2.66. The van der Waals surface area contributed by atoms with Gasteiger partial charge in [0.05, 0.1) is 5.41 Å². The zero-order valence-electron chi connectivity index (χ0n) is 45.8. The van der Waals surface area contributed by atoms with Crippen LogP contribution in [0, 0.1) is 0 Å². The minimum absolute atomic E-state index is 0.129. The second-order valence-electron chi connectivity index (χ2n) is 23.9. The van der Waals surface area contributed by atoms with Crippen molar-refractivity contribution < 1.29 is 0 Å². The Balaban J connectivity index is 0.898. The zero-order chi connectivity index (χ0) is 53.9. The van der Waals surface area contributed by atoms with Gasteiger partial charge in [0.15, 0.2) is 0 Å². The normalized spacial score (nSPS) is 14.7. The van der Waals surface area contributed by atoms with Gasteiger partial charge in [0.2, 0.25) is 0 Å². The molecular weight excluding hydrogens is 977 g/mol. The van der Waals surface area contributed by atoms with Crippen molar-refractivity contribution in [2.75, 3.05) is 9.80 Å². The minimum atomic E-state index is -0.606. The zero-order valence-corrected chi connectivity index (χ0v) is 45.8. The standard InChI is InChI=1S/C79H56N2/c1-77(2)68-31-17-13-26-58(68)62-40-37-55(47-72(62)77)80(51-21-7-5-8-22-51)53-36-35-49-44-67-74(45-50(49)43-53)79(70-33-19-15-28-60(70)61-29-16-20-34-71(61)79)76-65-42-39-54(46-66(65)57-25-11-12-30-64(57)75(67)76)81(52-23-9-6-10-24-52)56-38-41-63-59-27-14-18-32-69(59)78(3,4)73(63)48-56/h5-48H,1-4H3. The summed E-state index contributed by atoms with van der Waals surface area (Å²) in [6, 6.07) is 101. The average Bonchev–Trinajstić information content (AvgIpc) is 2.98. The molecule has 0 heterocycles. The largest absolute Gasteiger partial charge is 0.310 e. The molecule has 13 aromatic rings. The van der Waals surface area contributed by atoms with E-state index in [1.54, 1.807) is 0 Å². The first kappa shape index (κ1) is 46.2. The Morgan fingerprint density at radius 3 is 1.21 bits per heavy atom. The molecule has 0 atom stereocenters. The molecule has 2 nitrogen and oxygen atoms in total. The summed E-state index contributed by atoms with van der Waals surface area (Å²) in [5.41, 5.74) is 27.3. The number of hydrogen-bond acceptors (Lipinski definition) is 2. The Bertz CT molecular complexity index is 4780. The van der Waals surface area contributed by atoms with E-state index in [0.717, 1.165) is 34.1 Å². The summed E-state index contributed by atoms with van der Waals surface area (Å²) >= 11 is 0. The van der Waals surface area contributed by atoms with Crippen molar-refractivity contribution >= 4 is 66.4 Å². The highest BCUT2D eigenvalue weighted by Gasteiger charge is 2.53. The Morgan fingerprint density at radius 1 is 0.235 bits per heavy atom. The molecule has 0 saturated heterocycles. The summed E-state index contributed by atoms with van der Waals surface area (Å²) in [4.78, 5) is 4.92. The Kier molecular flexibility index (Phi) is 9.49. The number of rotatable bonds is 6. The maximum atomic E-state index is 2.57. The van der Waals surface area contributed by atoms with Gasteiger partial charge in [0.25, 0.3) is 0 Å². The molecule has 382 valence electrons. The van der Waals surface area contributed by atoms with Gasteiger partial charge >= 0.3 is 0 Å². The first-order chi connectivity index (χ1) is 39.7. The molecular formula is C79H56N2. The number of para-hydroxylation sites is 2. The van der Waals surface area contributed by atoms with Gasteiger partial charge < -0.3 is 9.80 Å². The molecule has 2 heteroatoms. The molecule has 0 amide bonds. The van der Waals surface area contributed by atoms with Gasteiger partial charge in [-0.05, 0) is 206 Å². The fraction of sp³-hybridized carbons (Fsp3) is 0.0886. The molecule has 81 heavy (non-hydrogen) atoms. The predicted octanol–water partition coefficient (Wildman–Crippen LogP) is 21.0. The van der Waals surface area contributed by atoms with Gasteiger partial charge in [-0.3, -0.25) is 0 Å². The van der Waals surface area contributed by atoms with Crippen LogP contribution in [0.25, 0.3) is 76.8 Å². The maximum Gasteiger partial charge on any atom is 0.0731 e. The highest BCUT2D eigenvalue weighted by molar-refractivity contribution is 6.21. The molecule has 0 unspecified atom stereocenters. The molecule has 0 fully saturated rings. The van der Waals surface area contributed by atoms with Crippen LogP contribution in [0.5, 0.6) is 0 Å². The topological polar surface area (TPSA) is 6.48 Å². The smallest absolute Gasteiger partial charge is 0.0731 e. The van der Waals surface area contributed by atoms with E-state index in [-0.39, 0.29) is 10.8 Å². The van der Waals surface area contributed by atoms with Crippen LogP contribution in [0.1, 0.15) is 72.2 Å². The lowest BCUT2D eigenvalue weighted by atomic mass is 9.69. The first-order valence-corrected chi connectivity index (χ1v) is 28.7. The van der Waals surface area contributed by atoms with Gasteiger partial charge in [-0.2, -0.15) is 0 Å². The minimum Gasteiger partial charge on any atom is -0.310 e. The molecule has 4 aliphatic carbocycles. The van der Waals surface area contributed by atoms with E-state index in [1.807, 2.05) is 0 Å². The second-order valence-corrected chi connectivity index (χ2v) is 23.9. The molecule has 0 aromatic heterocycles. The van der Waals surface area contributed by atoms with E-state index >= 15 is 0 Å². The van der Waals surface area contributed by atoms with Crippen LogP contribution in [0.2, 0.25) is 0 Å². The van der Waals surface area contributed by atoms with Crippen molar-refractivity contribution in [1.29, 1.82) is 0 Å². The lowest BCUT2D eigenvalue weighted by Crippen LogP contribution is -2.26. The quantitative estimate of drug-likeness (QED) is 0.153. The van der Waals surface area contributed by atoms with Gasteiger partial charge in [-0.15, -0.1) is 0 Å². The number of hydrogen-bond donors (Lipinski definition) is 0. The van der Waals surface area contributed by atoms with Crippen molar-refractivity contribution in [2.45, 2.75) is 43.9 Å². The molecule has 0 radical (unpaired) electrons. The lowest BCUT2D eigenvalue weighted by molar-refractivity contribution is 0.660. The van der Waals surface area contributed by atoms with Crippen molar-refractivity contribution in [3.05, 3.63) is 311 Å². The summed E-state index contributed by atoms with van der Waals surface area (Å²) < 4.78 is 0. The molecule has 17 rings (SSSR count). The van der Waals surface area contributed by atoms with Crippen LogP contribution < -0.4 is 9.80 Å². The van der Waals surface area contributed by atoms with Crippen molar-refractivity contribution in [3.8, 4) is 44.5 Å². The van der Waals surface area contributed by atoms with Crippen LogP contribution in [0.3, 0.4) is 0 Å². The molecule has 0 aliphatic heterocycles. The van der Waals surface area contributed by atoms with Crippen LogP contribution in [-0.2, 0) is 16.2 Å². The Morgan fingerprint density at radius 2 is 0.654 bits per heavy atom. The van der Waals surface area contributed by atoms with Crippen molar-refractivity contribution in [1.82, 2.24) is 0 Å². The van der Waals surface area contributed by atoms with E-state index in [4.69, 9.17) is 0 Å². The molecule has 0 N–H and O–H groups in total. The highest BCUT2D eigenvalue weighted by atomic mass is 15.1. The van der Waals surface area contributed by atoms with Crippen LogP contribution in [-0.4, -0.2) is 0 Å². The van der Waals surface area contributed by atoms with Gasteiger partial charge in [-0.25, -0.2) is 0 Å². The van der Waals surface area contributed by atoms with Gasteiger partial charge in [-0.1, -0.05) is 210 Å². The Hall–Kier alpha value is -9.76. The fourth-order valence-corrected chi connectivity index (χ4v) is 15.6. The predicted molar refractivity (Wildman–Crippen MR) is 340 cm³/mol. The third-order valence-corrected chi connectivity index (χ3v) is 19.2. The van der Waals surface area contributed by atoms with E-state index < -0.39 is 5.41 Å². The summed E-state index contributed by atoms with van der Waals surface area (Å²) in [5.74, 6) is 0. The summed E-state index contributed by atoms with van der Waals surface area (Å²) in [7, 11) is 0. The average molecular weight is 1030 g/mol. The summed E-state index contributed by atoms with van der Waals surface area (Å²) in [5, 5.41) is 7.48. The van der Waals surface area contributed by atoms with E-state index in [1.165, 1.54) is 121 Å². The van der Waals surface area contributed by atoms with E-state index in [9.17, 15) is 0 Å². The number of fused-ring (bicyclic) bond motifs is 22. The van der Waals surface area contributed by atoms with Crippen LogP contribution in [0.4, 0.5) is 34.1 Å².